The van der Waals surface area contributed by atoms with E-state index in [1.165, 1.54) is 23.0 Å². The van der Waals surface area contributed by atoms with Gasteiger partial charge in [0.25, 0.3) is 5.56 Å². The van der Waals surface area contributed by atoms with E-state index in [9.17, 15) is 14.9 Å². The van der Waals surface area contributed by atoms with E-state index < -0.39 is 4.92 Å². The summed E-state index contributed by atoms with van der Waals surface area (Å²) in [7, 11) is 0. The third kappa shape index (κ3) is 5.46. The summed E-state index contributed by atoms with van der Waals surface area (Å²) in [5.41, 5.74) is 0.355. The Kier molecular flexibility index (Phi) is 7.94. The van der Waals surface area contributed by atoms with Crippen LogP contribution in [-0.4, -0.2) is 34.0 Å². The number of hydrogen-bond acceptors (Lipinski definition) is 7. The van der Waals surface area contributed by atoms with Gasteiger partial charge in [0.2, 0.25) is 5.75 Å². The molecule has 0 bridgehead atoms. The van der Waals surface area contributed by atoms with Gasteiger partial charge < -0.3 is 9.47 Å². The largest absolute Gasteiger partial charge is 0.490 e. The van der Waals surface area contributed by atoms with E-state index in [2.05, 4.69) is 32.6 Å². The number of benzene rings is 2. The van der Waals surface area contributed by atoms with E-state index in [0.29, 0.717) is 28.7 Å². The van der Waals surface area contributed by atoms with Crippen molar-refractivity contribution in [3.05, 3.63) is 79.3 Å². The molecule has 0 fully saturated rings. The van der Waals surface area contributed by atoms with Crippen molar-refractivity contribution >= 4 is 38.7 Å². The predicted octanol–water partition coefficient (Wildman–Crippen LogP) is 4.87. The first kappa shape index (κ1) is 24.1. The number of nitro groups is 1. The van der Waals surface area contributed by atoms with E-state index in [4.69, 9.17) is 9.47 Å². The Labute approximate surface area is 198 Å². The number of hydrogen-bond donors (Lipinski definition) is 0. The van der Waals surface area contributed by atoms with Crippen molar-refractivity contribution in [3.63, 3.8) is 0 Å². The van der Waals surface area contributed by atoms with Crippen LogP contribution in [0.4, 0.5) is 5.69 Å². The molecule has 0 saturated heterocycles. The third-order valence-electron chi connectivity index (χ3n) is 4.57. The minimum absolute atomic E-state index is 0.0139. The average molecular weight is 515 g/mol. The Balaban J connectivity index is 2.15. The summed E-state index contributed by atoms with van der Waals surface area (Å²) < 4.78 is 13.0. The number of halogens is 1. The number of aromatic nitrogens is 2. The van der Waals surface area contributed by atoms with Crippen LogP contribution in [0.2, 0.25) is 0 Å². The molecule has 0 atom stereocenters. The standard InChI is InChI=1S/C23H23BrN4O5/c1-4-7-21-26-18-9-8-16(24)13-17(18)23(29)27(21)25-14-15-11-19(28(30)31)22(33-10-5-2)20(12-15)32-6-3/h5,8-9,11-14H,2,4,6-7,10H2,1,3H3. The fourth-order valence-electron chi connectivity index (χ4n) is 3.19. The van der Waals surface area contributed by atoms with Crippen LogP contribution >= 0.6 is 15.9 Å². The lowest BCUT2D eigenvalue weighted by atomic mass is 10.2. The zero-order valence-corrected chi connectivity index (χ0v) is 19.9. The lowest BCUT2D eigenvalue weighted by molar-refractivity contribution is -0.385. The number of rotatable bonds is 10. The van der Waals surface area contributed by atoms with Crippen LogP contribution in [-0.2, 0) is 6.42 Å². The lowest BCUT2D eigenvalue weighted by Crippen LogP contribution is -2.22. The normalized spacial score (nSPS) is 11.1. The summed E-state index contributed by atoms with van der Waals surface area (Å²) >= 11 is 3.37. The summed E-state index contributed by atoms with van der Waals surface area (Å²) in [4.78, 5) is 28.8. The molecule has 172 valence electrons. The monoisotopic (exact) mass is 514 g/mol. The molecule has 0 aliphatic carbocycles. The topological polar surface area (TPSA) is 109 Å². The average Bonchev–Trinajstić information content (AvgIpc) is 2.78. The maximum atomic E-state index is 13.1. The van der Waals surface area contributed by atoms with Gasteiger partial charge in [-0.3, -0.25) is 14.9 Å². The second-order valence-electron chi connectivity index (χ2n) is 6.96. The molecule has 0 amide bonds. The molecule has 0 N–H and O–H groups in total. The maximum absolute atomic E-state index is 13.1. The van der Waals surface area contributed by atoms with Gasteiger partial charge in [0.05, 0.1) is 28.6 Å². The van der Waals surface area contributed by atoms with Crippen LogP contribution in [0.15, 0.2) is 57.4 Å². The summed E-state index contributed by atoms with van der Waals surface area (Å²) in [5, 5.41) is 16.4. The highest BCUT2D eigenvalue weighted by molar-refractivity contribution is 9.10. The van der Waals surface area contributed by atoms with Gasteiger partial charge in [-0.2, -0.15) is 9.78 Å². The van der Waals surface area contributed by atoms with Gasteiger partial charge in [-0.25, -0.2) is 4.98 Å². The maximum Gasteiger partial charge on any atom is 0.315 e. The van der Waals surface area contributed by atoms with Crippen molar-refractivity contribution in [2.45, 2.75) is 26.7 Å². The molecule has 9 nitrogen and oxygen atoms in total. The number of nitrogens with zero attached hydrogens (tertiary/aromatic N) is 4. The molecule has 0 spiro atoms. The first-order valence-corrected chi connectivity index (χ1v) is 11.1. The summed E-state index contributed by atoms with van der Waals surface area (Å²) in [6.45, 7) is 7.68. The number of ether oxygens (including phenoxy) is 2. The Morgan fingerprint density at radius 1 is 1.27 bits per heavy atom. The fourth-order valence-corrected chi connectivity index (χ4v) is 3.55. The van der Waals surface area contributed by atoms with Gasteiger partial charge in [0.15, 0.2) is 5.75 Å². The van der Waals surface area contributed by atoms with Gasteiger partial charge >= 0.3 is 5.69 Å². The number of nitro benzene ring substituents is 1. The SMILES string of the molecule is C=CCOc1c(OCC)cc(C=Nn2c(CCC)nc3ccc(Br)cc3c2=O)cc1[N+](=O)[O-]. The van der Waals surface area contributed by atoms with Crippen LogP contribution < -0.4 is 15.0 Å². The minimum Gasteiger partial charge on any atom is -0.490 e. The molecule has 10 heteroatoms. The molecule has 3 rings (SSSR count). The molecule has 0 unspecified atom stereocenters. The Morgan fingerprint density at radius 2 is 2.06 bits per heavy atom. The molecule has 1 aromatic heterocycles. The van der Waals surface area contributed by atoms with Gasteiger partial charge in [0.1, 0.15) is 12.4 Å². The molecule has 3 aromatic rings. The zero-order valence-electron chi connectivity index (χ0n) is 18.3. The van der Waals surface area contributed by atoms with Gasteiger partial charge in [-0.15, -0.1) is 0 Å². The number of aryl methyl sites for hydroxylation is 1. The first-order valence-electron chi connectivity index (χ1n) is 10.3. The Morgan fingerprint density at radius 3 is 2.73 bits per heavy atom. The molecule has 33 heavy (non-hydrogen) atoms. The highest BCUT2D eigenvalue weighted by atomic mass is 79.9. The Hall–Kier alpha value is -3.53. The van der Waals surface area contributed by atoms with E-state index in [1.807, 2.05) is 13.0 Å². The van der Waals surface area contributed by atoms with Gasteiger partial charge in [-0.1, -0.05) is 35.5 Å². The summed E-state index contributed by atoms with van der Waals surface area (Å²) in [5.74, 6) is 0.718. The Bertz CT molecular complexity index is 1290. The van der Waals surface area contributed by atoms with Crippen molar-refractivity contribution in [3.8, 4) is 11.5 Å². The van der Waals surface area contributed by atoms with Crippen LogP contribution in [0.1, 0.15) is 31.7 Å². The molecular weight excluding hydrogens is 492 g/mol. The van der Waals surface area contributed by atoms with E-state index in [-0.39, 0.29) is 36.0 Å². The summed E-state index contributed by atoms with van der Waals surface area (Å²) in [6, 6.07) is 8.18. The third-order valence-corrected chi connectivity index (χ3v) is 5.06. The molecule has 2 aromatic carbocycles. The smallest absolute Gasteiger partial charge is 0.315 e. The summed E-state index contributed by atoms with van der Waals surface area (Å²) in [6.07, 6.45) is 4.16. The van der Waals surface area contributed by atoms with E-state index >= 15 is 0 Å². The number of fused-ring (bicyclic) bond motifs is 1. The van der Waals surface area contributed by atoms with Crippen molar-refractivity contribution in [1.29, 1.82) is 0 Å². The van der Waals surface area contributed by atoms with Crippen molar-refractivity contribution < 1.29 is 14.4 Å². The molecule has 0 saturated carbocycles. The molecule has 0 radical (unpaired) electrons. The highest BCUT2D eigenvalue weighted by Gasteiger charge is 2.22. The molecule has 0 aliphatic rings. The zero-order chi connectivity index (χ0) is 24.0. The van der Waals surface area contributed by atoms with Crippen molar-refractivity contribution in [2.75, 3.05) is 13.2 Å². The highest BCUT2D eigenvalue weighted by Crippen LogP contribution is 2.38. The second-order valence-corrected chi connectivity index (χ2v) is 7.87. The van der Waals surface area contributed by atoms with Gasteiger partial charge in [-0.05, 0) is 37.6 Å². The van der Waals surface area contributed by atoms with Crippen LogP contribution in [0, 0.1) is 10.1 Å². The van der Waals surface area contributed by atoms with Crippen LogP contribution in [0.3, 0.4) is 0 Å². The van der Waals surface area contributed by atoms with Crippen molar-refractivity contribution in [2.24, 2.45) is 5.10 Å². The molecule has 1 heterocycles. The molecular formula is C23H23BrN4O5. The first-order chi connectivity index (χ1) is 15.9. The van der Waals surface area contributed by atoms with Crippen LogP contribution in [0.5, 0.6) is 11.5 Å². The van der Waals surface area contributed by atoms with Gasteiger partial charge in [0, 0.05) is 22.5 Å². The van der Waals surface area contributed by atoms with E-state index in [0.717, 1.165) is 10.9 Å². The molecule has 0 aliphatic heterocycles. The van der Waals surface area contributed by atoms with E-state index in [1.54, 1.807) is 25.1 Å². The predicted molar refractivity (Wildman–Crippen MR) is 131 cm³/mol. The minimum atomic E-state index is -0.553. The second kappa shape index (κ2) is 10.9. The fraction of sp³-hybridized carbons (Fsp3) is 0.261. The quantitative estimate of drug-likeness (QED) is 0.165. The van der Waals surface area contributed by atoms with Crippen LogP contribution in [0.25, 0.3) is 10.9 Å². The lowest BCUT2D eigenvalue weighted by Gasteiger charge is -2.12. The van der Waals surface area contributed by atoms with Crippen molar-refractivity contribution in [1.82, 2.24) is 9.66 Å².